The highest BCUT2D eigenvalue weighted by Gasteiger charge is 2.18. The summed E-state index contributed by atoms with van der Waals surface area (Å²) < 4.78 is 9.22. The van der Waals surface area contributed by atoms with Gasteiger partial charge in [0.05, 0.1) is 17.8 Å². The van der Waals surface area contributed by atoms with Gasteiger partial charge in [-0.1, -0.05) is 30.3 Å². The van der Waals surface area contributed by atoms with Crippen molar-refractivity contribution in [2.45, 2.75) is 33.9 Å². The van der Waals surface area contributed by atoms with Crippen LogP contribution in [0.2, 0.25) is 0 Å². The minimum absolute atomic E-state index is 0.109. The second kappa shape index (κ2) is 7.79. The summed E-state index contributed by atoms with van der Waals surface area (Å²) in [7, 11) is 0. The maximum Gasteiger partial charge on any atom is 0.247 e. The topological polar surface area (TPSA) is 77.9 Å². The van der Waals surface area contributed by atoms with E-state index in [9.17, 15) is 4.79 Å². The predicted octanol–water partition coefficient (Wildman–Crippen LogP) is 3.95. The number of anilines is 1. The fraction of sp³-hybridized carbons (Fsp3) is 0.227. The van der Waals surface area contributed by atoms with Crippen molar-refractivity contribution >= 4 is 11.7 Å². The van der Waals surface area contributed by atoms with Crippen LogP contribution in [0.1, 0.15) is 22.7 Å². The summed E-state index contributed by atoms with van der Waals surface area (Å²) in [5.41, 5.74) is 3.80. The summed E-state index contributed by atoms with van der Waals surface area (Å²) in [6, 6.07) is 15.7. The minimum atomic E-state index is -0.178. The van der Waals surface area contributed by atoms with Gasteiger partial charge in [0.25, 0.3) is 0 Å². The number of carbonyl (C=O) groups excluding carboxylic acids is 1. The highest BCUT2D eigenvalue weighted by molar-refractivity contribution is 5.89. The molecule has 0 fully saturated rings. The fourth-order valence-electron chi connectivity index (χ4n) is 3.38. The van der Waals surface area contributed by atoms with E-state index in [1.54, 1.807) is 15.4 Å². The van der Waals surface area contributed by atoms with Gasteiger partial charge in [-0.15, -0.1) is 0 Å². The zero-order valence-electron chi connectivity index (χ0n) is 16.7. The number of nitrogens with zero attached hydrogens (tertiary/aromatic N) is 4. The average Bonchev–Trinajstić information content (AvgIpc) is 3.37. The lowest BCUT2D eigenvalue weighted by atomic mass is 10.1. The molecule has 0 bridgehead atoms. The molecule has 1 amide bonds. The number of benzene rings is 1. The van der Waals surface area contributed by atoms with E-state index < -0.39 is 0 Å². The van der Waals surface area contributed by atoms with Gasteiger partial charge in [0.2, 0.25) is 5.91 Å². The number of furan rings is 1. The standard InChI is InChI=1S/C22H23N5O2/c1-15-9-10-19(29-15)22-16(2)24-27(17(22)3)14-21(28)23-20-11-12-26(25-20)13-18-7-5-4-6-8-18/h4-12H,13-14H2,1-3H3,(H,23,25,28). The van der Waals surface area contributed by atoms with Crippen LogP contribution in [-0.2, 0) is 17.9 Å². The molecule has 0 saturated carbocycles. The molecule has 0 aliphatic carbocycles. The highest BCUT2D eigenvalue weighted by Crippen LogP contribution is 2.28. The van der Waals surface area contributed by atoms with E-state index in [1.807, 2.05) is 69.4 Å². The number of aryl methyl sites for hydroxylation is 2. The largest absolute Gasteiger partial charge is 0.461 e. The van der Waals surface area contributed by atoms with Gasteiger partial charge in [0.1, 0.15) is 18.1 Å². The van der Waals surface area contributed by atoms with Gasteiger partial charge in [-0.05, 0) is 38.5 Å². The highest BCUT2D eigenvalue weighted by atomic mass is 16.3. The van der Waals surface area contributed by atoms with Crippen LogP contribution in [0.15, 0.2) is 59.1 Å². The Morgan fingerprint density at radius 2 is 1.83 bits per heavy atom. The average molecular weight is 389 g/mol. The number of hydrogen-bond donors (Lipinski definition) is 1. The van der Waals surface area contributed by atoms with Crippen LogP contribution in [-0.4, -0.2) is 25.5 Å². The SMILES string of the molecule is Cc1ccc(-c2c(C)nn(CC(=O)Nc3ccn(Cc4ccccc4)n3)c2C)o1. The van der Waals surface area contributed by atoms with Crippen molar-refractivity contribution in [3.05, 3.63) is 77.4 Å². The van der Waals surface area contributed by atoms with E-state index >= 15 is 0 Å². The van der Waals surface area contributed by atoms with Crippen molar-refractivity contribution in [1.29, 1.82) is 0 Å². The van der Waals surface area contributed by atoms with Crippen molar-refractivity contribution in [1.82, 2.24) is 19.6 Å². The summed E-state index contributed by atoms with van der Waals surface area (Å²) in [5.74, 6) is 1.95. The summed E-state index contributed by atoms with van der Waals surface area (Å²) >= 11 is 0. The number of amides is 1. The Morgan fingerprint density at radius 3 is 2.55 bits per heavy atom. The van der Waals surface area contributed by atoms with Gasteiger partial charge < -0.3 is 9.73 Å². The van der Waals surface area contributed by atoms with Crippen LogP contribution in [0.4, 0.5) is 5.82 Å². The molecule has 29 heavy (non-hydrogen) atoms. The summed E-state index contributed by atoms with van der Waals surface area (Å²) in [6.07, 6.45) is 1.85. The molecule has 0 unspecified atom stereocenters. The number of rotatable bonds is 6. The van der Waals surface area contributed by atoms with Crippen LogP contribution >= 0.6 is 0 Å². The quantitative estimate of drug-likeness (QED) is 0.542. The van der Waals surface area contributed by atoms with Crippen molar-refractivity contribution in [2.24, 2.45) is 0 Å². The summed E-state index contributed by atoms with van der Waals surface area (Å²) in [4.78, 5) is 12.5. The van der Waals surface area contributed by atoms with Crippen molar-refractivity contribution < 1.29 is 9.21 Å². The maximum atomic E-state index is 12.5. The van der Waals surface area contributed by atoms with E-state index in [0.717, 1.165) is 34.0 Å². The molecule has 3 aromatic heterocycles. The number of aromatic nitrogens is 4. The van der Waals surface area contributed by atoms with Crippen LogP contribution in [0, 0.1) is 20.8 Å². The first-order valence-corrected chi connectivity index (χ1v) is 9.47. The molecule has 4 rings (SSSR count). The molecular weight excluding hydrogens is 366 g/mol. The molecule has 3 heterocycles. The molecule has 0 aliphatic rings. The van der Waals surface area contributed by atoms with Gasteiger partial charge in [0.15, 0.2) is 5.82 Å². The Hall–Kier alpha value is -3.61. The lowest BCUT2D eigenvalue weighted by Crippen LogP contribution is -2.20. The van der Waals surface area contributed by atoms with Gasteiger partial charge in [0, 0.05) is 18.0 Å². The fourth-order valence-corrected chi connectivity index (χ4v) is 3.38. The maximum absolute atomic E-state index is 12.5. The smallest absolute Gasteiger partial charge is 0.247 e. The van der Waals surface area contributed by atoms with Crippen molar-refractivity contribution in [3.8, 4) is 11.3 Å². The second-order valence-corrected chi connectivity index (χ2v) is 7.05. The molecule has 7 heteroatoms. The molecule has 0 radical (unpaired) electrons. The first-order valence-electron chi connectivity index (χ1n) is 9.47. The normalized spacial score (nSPS) is 11.0. The van der Waals surface area contributed by atoms with Gasteiger partial charge in [-0.25, -0.2) is 0 Å². The molecule has 7 nitrogen and oxygen atoms in total. The number of nitrogens with one attached hydrogen (secondary N) is 1. The molecule has 0 saturated heterocycles. The van der Waals surface area contributed by atoms with Crippen LogP contribution in [0.3, 0.4) is 0 Å². The van der Waals surface area contributed by atoms with Gasteiger partial charge >= 0.3 is 0 Å². The Labute approximate surface area is 169 Å². The molecule has 1 N–H and O–H groups in total. The van der Waals surface area contributed by atoms with E-state index in [2.05, 4.69) is 15.5 Å². The first kappa shape index (κ1) is 18.7. The molecule has 0 atom stereocenters. The first-order chi connectivity index (χ1) is 14.0. The third-order valence-corrected chi connectivity index (χ3v) is 4.76. The zero-order chi connectivity index (χ0) is 20.4. The lowest BCUT2D eigenvalue weighted by molar-refractivity contribution is -0.117. The van der Waals surface area contributed by atoms with Gasteiger partial charge in [-0.3, -0.25) is 14.2 Å². The van der Waals surface area contributed by atoms with Crippen LogP contribution in [0.25, 0.3) is 11.3 Å². The van der Waals surface area contributed by atoms with Crippen LogP contribution in [0.5, 0.6) is 0 Å². The third-order valence-electron chi connectivity index (χ3n) is 4.76. The van der Waals surface area contributed by atoms with E-state index in [1.165, 1.54) is 0 Å². The third kappa shape index (κ3) is 4.13. The van der Waals surface area contributed by atoms with E-state index in [-0.39, 0.29) is 12.5 Å². The molecule has 0 aliphatic heterocycles. The Kier molecular flexibility index (Phi) is 5.03. The molecule has 0 spiro atoms. The van der Waals surface area contributed by atoms with Crippen molar-refractivity contribution in [3.63, 3.8) is 0 Å². The molecule has 1 aromatic carbocycles. The predicted molar refractivity (Wildman–Crippen MR) is 111 cm³/mol. The second-order valence-electron chi connectivity index (χ2n) is 7.05. The molecule has 4 aromatic rings. The van der Waals surface area contributed by atoms with Gasteiger partial charge in [-0.2, -0.15) is 10.2 Å². The Balaban J connectivity index is 1.43. The van der Waals surface area contributed by atoms with Crippen LogP contribution < -0.4 is 5.32 Å². The van der Waals surface area contributed by atoms with Crippen molar-refractivity contribution in [2.75, 3.05) is 5.32 Å². The summed E-state index contributed by atoms with van der Waals surface area (Å²) in [6.45, 7) is 6.52. The number of carbonyl (C=O) groups is 1. The number of hydrogen-bond acceptors (Lipinski definition) is 4. The molecule has 148 valence electrons. The minimum Gasteiger partial charge on any atom is -0.461 e. The Morgan fingerprint density at radius 1 is 1.03 bits per heavy atom. The Bertz CT molecular complexity index is 1140. The van der Waals surface area contributed by atoms with E-state index in [4.69, 9.17) is 4.42 Å². The monoisotopic (exact) mass is 389 g/mol. The summed E-state index contributed by atoms with van der Waals surface area (Å²) in [5, 5.41) is 11.8. The van der Waals surface area contributed by atoms with E-state index in [0.29, 0.717) is 12.4 Å². The zero-order valence-corrected chi connectivity index (χ0v) is 16.7. The lowest BCUT2D eigenvalue weighted by Gasteiger charge is -2.05. The molecular formula is C22H23N5O2.